The number of amides is 3. The molecule has 3 amide bonds. The first-order valence-corrected chi connectivity index (χ1v) is 10.1. The van der Waals surface area contributed by atoms with Crippen molar-refractivity contribution in [3.05, 3.63) is 48.0 Å². The number of nitrogens with one attached hydrogen (secondary N) is 1. The van der Waals surface area contributed by atoms with Gasteiger partial charge in [-0.05, 0) is 43.0 Å². The molecule has 0 spiro atoms. The largest absolute Gasteiger partial charge is 0.348 e. The van der Waals surface area contributed by atoms with Gasteiger partial charge in [0.1, 0.15) is 6.04 Å². The van der Waals surface area contributed by atoms with Crippen LogP contribution >= 0.6 is 0 Å². The van der Waals surface area contributed by atoms with Crippen LogP contribution in [0.15, 0.2) is 42.5 Å². The topological polar surface area (TPSA) is 66.5 Å². The summed E-state index contributed by atoms with van der Waals surface area (Å²) in [5.41, 5.74) is 1.02. The number of fused-ring (bicyclic) bond motifs is 2. The van der Waals surface area contributed by atoms with Gasteiger partial charge in [0, 0.05) is 0 Å². The van der Waals surface area contributed by atoms with E-state index in [1.54, 1.807) is 6.92 Å². The molecule has 5 nitrogen and oxygen atoms in total. The van der Waals surface area contributed by atoms with Gasteiger partial charge in [-0.15, -0.1) is 0 Å². The van der Waals surface area contributed by atoms with Gasteiger partial charge >= 0.3 is 0 Å². The predicted molar refractivity (Wildman–Crippen MR) is 107 cm³/mol. The smallest absolute Gasteiger partial charge is 0.243 e. The van der Waals surface area contributed by atoms with Gasteiger partial charge in [-0.1, -0.05) is 55.3 Å². The lowest BCUT2D eigenvalue weighted by atomic mass is 9.81. The fourth-order valence-electron chi connectivity index (χ4n) is 4.73. The second kappa shape index (κ2) is 7.38. The summed E-state index contributed by atoms with van der Waals surface area (Å²) in [6.07, 6.45) is 3.47. The van der Waals surface area contributed by atoms with Crippen LogP contribution < -0.4 is 5.32 Å². The summed E-state index contributed by atoms with van der Waals surface area (Å²) >= 11 is 0. The second-order valence-corrected chi connectivity index (χ2v) is 8.02. The molecule has 2 fully saturated rings. The van der Waals surface area contributed by atoms with E-state index in [0.29, 0.717) is 0 Å². The number of hydrogen-bond donors (Lipinski definition) is 1. The van der Waals surface area contributed by atoms with E-state index in [-0.39, 0.29) is 35.6 Å². The van der Waals surface area contributed by atoms with Crippen LogP contribution in [-0.2, 0) is 14.4 Å². The number of carbonyl (C=O) groups excluding carboxylic acids is 3. The highest BCUT2D eigenvalue weighted by Crippen LogP contribution is 2.39. The van der Waals surface area contributed by atoms with Crippen molar-refractivity contribution in [2.24, 2.45) is 11.8 Å². The molecule has 1 heterocycles. The molecule has 2 aromatic rings. The molecule has 0 radical (unpaired) electrons. The Hall–Kier alpha value is -2.69. The maximum atomic E-state index is 12.9. The van der Waals surface area contributed by atoms with E-state index in [1.165, 1.54) is 4.90 Å². The lowest BCUT2D eigenvalue weighted by molar-refractivity contribution is -0.147. The molecule has 1 aliphatic heterocycles. The summed E-state index contributed by atoms with van der Waals surface area (Å²) in [5, 5.41) is 5.20. The third-order valence-electron chi connectivity index (χ3n) is 6.29. The fourth-order valence-corrected chi connectivity index (χ4v) is 4.73. The zero-order chi connectivity index (χ0) is 19.8. The van der Waals surface area contributed by atoms with E-state index in [0.717, 1.165) is 42.0 Å². The van der Waals surface area contributed by atoms with Crippen molar-refractivity contribution in [1.29, 1.82) is 0 Å². The van der Waals surface area contributed by atoms with Crippen LogP contribution in [0.4, 0.5) is 0 Å². The zero-order valence-electron chi connectivity index (χ0n) is 16.4. The standard InChI is InChI=1S/C23H26N2O3/c1-14(17-13-7-9-16-8-3-4-10-18(16)17)24-21(26)15(2)25-22(27)19-11-5-6-12-20(19)23(25)28/h3-4,7-10,13-15,19-20H,5-6,11-12H2,1-2H3,(H,24,26). The molecule has 1 N–H and O–H groups in total. The van der Waals surface area contributed by atoms with E-state index in [1.807, 2.05) is 49.4 Å². The molecule has 0 aromatic heterocycles. The molecule has 4 unspecified atom stereocenters. The second-order valence-electron chi connectivity index (χ2n) is 8.02. The van der Waals surface area contributed by atoms with Crippen LogP contribution in [0.1, 0.15) is 51.1 Å². The quantitative estimate of drug-likeness (QED) is 0.827. The highest BCUT2D eigenvalue weighted by Gasteiger charge is 2.50. The Morgan fingerprint density at radius 2 is 1.57 bits per heavy atom. The van der Waals surface area contributed by atoms with Crippen molar-refractivity contribution < 1.29 is 14.4 Å². The van der Waals surface area contributed by atoms with Gasteiger partial charge in [-0.2, -0.15) is 0 Å². The Morgan fingerprint density at radius 1 is 0.964 bits per heavy atom. The molecule has 1 saturated carbocycles. The molecule has 0 bridgehead atoms. The minimum atomic E-state index is -0.789. The SMILES string of the molecule is CC(NC(=O)C(C)N1C(=O)C2CCCCC2C1=O)c1cccc2ccccc12. The molecule has 2 aromatic carbocycles. The van der Waals surface area contributed by atoms with Crippen molar-refractivity contribution in [2.75, 3.05) is 0 Å². The summed E-state index contributed by atoms with van der Waals surface area (Å²) < 4.78 is 0. The minimum absolute atomic E-state index is 0.171. The molecule has 1 aliphatic carbocycles. The Balaban J connectivity index is 1.51. The van der Waals surface area contributed by atoms with Crippen molar-refractivity contribution in [1.82, 2.24) is 10.2 Å². The number of hydrogen-bond acceptors (Lipinski definition) is 3. The third kappa shape index (κ3) is 3.09. The molecule has 146 valence electrons. The van der Waals surface area contributed by atoms with Crippen molar-refractivity contribution in [3.63, 3.8) is 0 Å². The predicted octanol–water partition coefficient (Wildman–Crippen LogP) is 3.58. The Morgan fingerprint density at radius 3 is 2.25 bits per heavy atom. The van der Waals surface area contributed by atoms with Crippen LogP contribution in [-0.4, -0.2) is 28.7 Å². The van der Waals surface area contributed by atoms with Crippen molar-refractivity contribution in [3.8, 4) is 0 Å². The van der Waals surface area contributed by atoms with Crippen LogP contribution in [0.3, 0.4) is 0 Å². The molecule has 4 rings (SSSR count). The van der Waals surface area contributed by atoms with Crippen LogP contribution in [0.2, 0.25) is 0 Å². The van der Waals surface area contributed by atoms with Gasteiger partial charge in [0.2, 0.25) is 17.7 Å². The average molecular weight is 378 g/mol. The van der Waals surface area contributed by atoms with Gasteiger partial charge in [-0.25, -0.2) is 0 Å². The highest BCUT2D eigenvalue weighted by atomic mass is 16.2. The summed E-state index contributed by atoms with van der Waals surface area (Å²) in [5.74, 6) is -1.09. The number of likely N-dealkylation sites (tertiary alicyclic amines) is 1. The lowest BCUT2D eigenvalue weighted by Gasteiger charge is -2.25. The van der Waals surface area contributed by atoms with Gasteiger partial charge in [0.05, 0.1) is 17.9 Å². The Kier molecular flexibility index (Phi) is 4.92. The molecule has 1 saturated heterocycles. The number of imide groups is 1. The average Bonchev–Trinajstić information content (AvgIpc) is 2.97. The third-order valence-corrected chi connectivity index (χ3v) is 6.29. The number of benzene rings is 2. The van der Waals surface area contributed by atoms with Crippen molar-refractivity contribution in [2.45, 2.75) is 51.6 Å². The molecule has 2 aliphatic rings. The van der Waals surface area contributed by atoms with Gasteiger partial charge < -0.3 is 5.32 Å². The summed E-state index contributed by atoms with van der Waals surface area (Å²) in [6, 6.07) is 13.0. The van der Waals surface area contributed by atoms with Gasteiger partial charge in [-0.3, -0.25) is 19.3 Å². The van der Waals surface area contributed by atoms with E-state index in [2.05, 4.69) is 5.32 Å². The Bertz CT molecular complexity index is 909. The zero-order valence-corrected chi connectivity index (χ0v) is 16.4. The van der Waals surface area contributed by atoms with E-state index >= 15 is 0 Å². The maximum absolute atomic E-state index is 12.9. The van der Waals surface area contributed by atoms with Crippen LogP contribution in [0, 0.1) is 11.8 Å². The minimum Gasteiger partial charge on any atom is -0.348 e. The molecular formula is C23H26N2O3. The Labute approximate surface area is 165 Å². The van der Waals surface area contributed by atoms with E-state index in [9.17, 15) is 14.4 Å². The summed E-state index contributed by atoms with van der Waals surface area (Å²) in [7, 11) is 0. The van der Waals surface area contributed by atoms with Gasteiger partial charge in [0.25, 0.3) is 0 Å². The monoisotopic (exact) mass is 378 g/mol. The van der Waals surface area contributed by atoms with E-state index in [4.69, 9.17) is 0 Å². The summed E-state index contributed by atoms with van der Waals surface area (Å²) in [4.78, 5) is 39.6. The number of carbonyl (C=O) groups is 3. The first-order valence-electron chi connectivity index (χ1n) is 10.1. The number of rotatable bonds is 4. The molecular weight excluding hydrogens is 352 g/mol. The first kappa shape index (κ1) is 18.7. The highest BCUT2D eigenvalue weighted by molar-refractivity contribution is 6.08. The molecule has 5 heteroatoms. The van der Waals surface area contributed by atoms with Gasteiger partial charge in [0.15, 0.2) is 0 Å². The summed E-state index contributed by atoms with van der Waals surface area (Å²) in [6.45, 7) is 3.58. The molecule has 28 heavy (non-hydrogen) atoms. The lowest BCUT2D eigenvalue weighted by Crippen LogP contribution is -2.48. The van der Waals surface area contributed by atoms with Crippen molar-refractivity contribution >= 4 is 28.5 Å². The van der Waals surface area contributed by atoms with E-state index < -0.39 is 6.04 Å². The fraction of sp³-hybridized carbons (Fsp3) is 0.435. The van der Waals surface area contributed by atoms with Crippen LogP contribution in [0.25, 0.3) is 10.8 Å². The maximum Gasteiger partial charge on any atom is 0.243 e. The molecule has 4 atom stereocenters. The first-order chi connectivity index (χ1) is 13.5. The normalized spacial score (nSPS) is 24.1. The van der Waals surface area contributed by atoms with Crippen LogP contribution in [0.5, 0.6) is 0 Å². The number of nitrogens with zero attached hydrogens (tertiary/aromatic N) is 1.